The van der Waals surface area contributed by atoms with E-state index in [9.17, 15) is 9.59 Å². The predicted molar refractivity (Wildman–Crippen MR) is 96.3 cm³/mol. The van der Waals surface area contributed by atoms with E-state index in [2.05, 4.69) is 10.6 Å². The molecule has 2 amide bonds. The standard InChI is InChI=1S/C20H22N2O3/c1-14-5-9-18(10-6-14)25-13-19(23)21-12-15-3-2-4-17(11-15)22-20(24)16-7-8-16/h2-6,9-11,16H,7-8,12-13H2,1H3,(H,21,23)(H,22,24). The minimum absolute atomic E-state index is 0.0266. The molecule has 0 saturated heterocycles. The smallest absolute Gasteiger partial charge is 0.258 e. The summed E-state index contributed by atoms with van der Waals surface area (Å²) in [7, 11) is 0. The molecular weight excluding hydrogens is 316 g/mol. The zero-order valence-electron chi connectivity index (χ0n) is 14.2. The summed E-state index contributed by atoms with van der Waals surface area (Å²) >= 11 is 0. The molecule has 130 valence electrons. The number of rotatable bonds is 7. The lowest BCUT2D eigenvalue weighted by molar-refractivity contribution is -0.123. The number of amides is 2. The van der Waals surface area contributed by atoms with E-state index in [1.807, 2.05) is 55.5 Å². The van der Waals surface area contributed by atoms with Gasteiger partial charge in [0.15, 0.2) is 6.61 Å². The molecule has 2 N–H and O–H groups in total. The van der Waals surface area contributed by atoms with Gasteiger partial charge in [0.05, 0.1) is 0 Å². The third kappa shape index (κ3) is 5.35. The summed E-state index contributed by atoms with van der Waals surface area (Å²) in [5, 5.41) is 5.73. The summed E-state index contributed by atoms with van der Waals surface area (Å²) in [5.74, 6) is 0.730. The normalized spacial score (nSPS) is 13.2. The molecule has 1 saturated carbocycles. The van der Waals surface area contributed by atoms with Crippen LogP contribution >= 0.6 is 0 Å². The summed E-state index contributed by atoms with van der Waals surface area (Å²) in [6.45, 7) is 2.36. The van der Waals surface area contributed by atoms with Crippen LogP contribution in [0.1, 0.15) is 24.0 Å². The van der Waals surface area contributed by atoms with E-state index in [4.69, 9.17) is 4.74 Å². The lowest BCUT2D eigenvalue weighted by Crippen LogP contribution is -2.28. The number of carbonyl (C=O) groups excluding carboxylic acids is 2. The summed E-state index contributed by atoms with van der Waals surface area (Å²) in [5.41, 5.74) is 2.84. The van der Waals surface area contributed by atoms with Crippen LogP contribution in [0.5, 0.6) is 5.75 Å². The molecule has 0 atom stereocenters. The van der Waals surface area contributed by atoms with Crippen molar-refractivity contribution in [2.45, 2.75) is 26.3 Å². The first kappa shape index (κ1) is 17.0. The topological polar surface area (TPSA) is 67.4 Å². The molecule has 1 fully saturated rings. The predicted octanol–water partition coefficient (Wildman–Crippen LogP) is 3.04. The quantitative estimate of drug-likeness (QED) is 0.815. The van der Waals surface area contributed by atoms with Crippen molar-refractivity contribution < 1.29 is 14.3 Å². The van der Waals surface area contributed by atoms with E-state index in [1.54, 1.807) is 0 Å². The SMILES string of the molecule is Cc1ccc(OCC(=O)NCc2cccc(NC(=O)C3CC3)c2)cc1. The number of aryl methyl sites for hydroxylation is 1. The van der Waals surface area contributed by atoms with Gasteiger partial charge in [-0.2, -0.15) is 0 Å². The van der Waals surface area contributed by atoms with Crippen LogP contribution in [0.4, 0.5) is 5.69 Å². The molecule has 0 bridgehead atoms. The van der Waals surface area contributed by atoms with Crippen molar-refractivity contribution in [2.75, 3.05) is 11.9 Å². The van der Waals surface area contributed by atoms with E-state index in [-0.39, 0.29) is 24.3 Å². The highest BCUT2D eigenvalue weighted by atomic mass is 16.5. The molecule has 5 nitrogen and oxygen atoms in total. The number of anilines is 1. The van der Waals surface area contributed by atoms with E-state index in [0.29, 0.717) is 12.3 Å². The first-order valence-electron chi connectivity index (χ1n) is 8.46. The Morgan fingerprint density at radius 1 is 1.12 bits per heavy atom. The van der Waals surface area contributed by atoms with Crippen molar-refractivity contribution in [2.24, 2.45) is 5.92 Å². The molecule has 0 radical (unpaired) electrons. The molecule has 0 heterocycles. The van der Waals surface area contributed by atoms with Crippen LogP contribution in [0.15, 0.2) is 48.5 Å². The first-order valence-corrected chi connectivity index (χ1v) is 8.46. The van der Waals surface area contributed by atoms with Crippen molar-refractivity contribution in [3.05, 3.63) is 59.7 Å². The Morgan fingerprint density at radius 3 is 2.60 bits per heavy atom. The molecule has 3 rings (SSSR count). The van der Waals surface area contributed by atoms with Gasteiger partial charge in [0.25, 0.3) is 5.91 Å². The van der Waals surface area contributed by atoms with Gasteiger partial charge in [0.2, 0.25) is 5.91 Å². The van der Waals surface area contributed by atoms with Crippen LogP contribution in [0, 0.1) is 12.8 Å². The van der Waals surface area contributed by atoms with Crippen molar-refractivity contribution in [3.8, 4) is 5.75 Å². The van der Waals surface area contributed by atoms with Crippen LogP contribution < -0.4 is 15.4 Å². The van der Waals surface area contributed by atoms with Crippen LogP contribution in [0.25, 0.3) is 0 Å². The maximum atomic E-state index is 11.9. The van der Waals surface area contributed by atoms with Gasteiger partial charge in [0.1, 0.15) is 5.75 Å². The van der Waals surface area contributed by atoms with Gasteiger partial charge in [0, 0.05) is 18.2 Å². The Morgan fingerprint density at radius 2 is 1.88 bits per heavy atom. The molecule has 0 spiro atoms. The fourth-order valence-electron chi connectivity index (χ4n) is 2.38. The molecule has 2 aromatic rings. The second-order valence-electron chi connectivity index (χ2n) is 6.34. The van der Waals surface area contributed by atoms with Crippen LogP contribution in [-0.4, -0.2) is 18.4 Å². The highest BCUT2D eigenvalue weighted by Crippen LogP contribution is 2.30. The van der Waals surface area contributed by atoms with Gasteiger partial charge in [-0.05, 0) is 49.6 Å². The Hall–Kier alpha value is -2.82. The Balaban J connectivity index is 1.45. The van der Waals surface area contributed by atoms with Gasteiger partial charge in [-0.1, -0.05) is 29.8 Å². The molecule has 5 heteroatoms. The van der Waals surface area contributed by atoms with Crippen molar-refractivity contribution in [3.63, 3.8) is 0 Å². The Bertz CT molecular complexity index is 752. The zero-order chi connectivity index (χ0) is 17.6. The van der Waals surface area contributed by atoms with Crippen LogP contribution in [0.2, 0.25) is 0 Å². The van der Waals surface area contributed by atoms with Crippen molar-refractivity contribution in [1.82, 2.24) is 5.32 Å². The van der Waals surface area contributed by atoms with Gasteiger partial charge >= 0.3 is 0 Å². The van der Waals surface area contributed by atoms with E-state index in [1.165, 1.54) is 0 Å². The first-order chi connectivity index (χ1) is 12.1. The Labute approximate surface area is 147 Å². The monoisotopic (exact) mass is 338 g/mol. The molecule has 25 heavy (non-hydrogen) atoms. The molecular formula is C20H22N2O3. The maximum absolute atomic E-state index is 11.9. The van der Waals surface area contributed by atoms with Gasteiger partial charge in [-0.25, -0.2) is 0 Å². The molecule has 0 aromatic heterocycles. The van der Waals surface area contributed by atoms with E-state index in [0.717, 1.165) is 29.7 Å². The van der Waals surface area contributed by atoms with E-state index >= 15 is 0 Å². The average Bonchev–Trinajstić information content (AvgIpc) is 3.45. The number of carbonyl (C=O) groups is 2. The molecule has 1 aliphatic carbocycles. The molecule has 0 unspecified atom stereocenters. The zero-order valence-corrected chi connectivity index (χ0v) is 14.2. The maximum Gasteiger partial charge on any atom is 0.258 e. The fourth-order valence-corrected chi connectivity index (χ4v) is 2.38. The van der Waals surface area contributed by atoms with E-state index < -0.39 is 0 Å². The third-order valence-electron chi connectivity index (χ3n) is 4.02. The number of hydrogen-bond donors (Lipinski definition) is 2. The fraction of sp³-hybridized carbons (Fsp3) is 0.300. The lowest BCUT2D eigenvalue weighted by atomic mass is 10.2. The van der Waals surface area contributed by atoms with Crippen LogP contribution in [0.3, 0.4) is 0 Å². The largest absolute Gasteiger partial charge is 0.484 e. The Kier molecular flexibility index (Phi) is 5.33. The van der Waals surface area contributed by atoms with Gasteiger partial charge in [-0.3, -0.25) is 9.59 Å². The number of hydrogen-bond acceptors (Lipinski definition) is 3. The molecule has 2 aromatic carbocycles. The van der Waals surface area contributed by atoms with Crippen LogP contribution in [-0.2, 0) is 16.1 Å². The average molecular weight is 338 g/mol. The second kappa shape index (κ2) is 7.83. The van der Waals surface area contributed by atoms with Crippen molar-refractivity contribution >= 4 is 17.5 Å². The van der Waals surface area contributed by atoms with Gasteiger partial charge in [-0.15, -0.1) is 0 Å². The molecule has 1 aliphatic rings. The highest BCUT2D eigenvalue weighted by Gasteiger charge is 2.29. The summed E-state index contributed by atoms with van der Waals surface area (Å²) in [6, 6.07) is 15.1. The number of benzene rings is 2. The minimum Gasteiger partial charge on any atom is -0.484 e. The third-order valence-corrected chi connectivity index (χ3v) is 4.02. The summed E-state index contributed by atoms with van der Waals surface area (Å²) in [4.78, 5) is 23.7. The minimum atomic E-state index is -0.187. The second-order valence-corrected chi connectivity index (χ2v) is 6.34. The number of nitrogens with one attached hydrogen (secondary N) is 2. The summed E-state index contributed by atoms with van der Waals surface area (Å²) < 4.78 is 5.45. The lowest BCUT2D eigenvalue weighted by Gasteiger charge is -2.09. The van der Waals surface area contributed by atoms with Gasteiger partial charge < -0.3 is 15.4 Å². The molecule has 0 aliphatic heterocycles. The number of ether oxygens (including phenoxy) is 1. The highest BCUT2D eigenvalue weighted by molar-refractivity contribution is 5.94. The van der Waals surface area contributed by atoms with Crippen molar-refractivity contribution in [1.29, 1.82) is 0 Å². The summed E-state index contributed by atoms with van der Waals surface area (Å²) in [6.07, 6.45) is 1.95.